The Bertz CT molecular complexity index is 544. The minimum absolute atomic E-state index is 0.0612. The number of aliphatic hydroxyl groups is 1. The van der Waals surface area contributed by atoms with Crippen LogP contribution < -0.4 is 5.73 Å². The van der Waals surface area contributed by atoms with Gasteiger partial charge in [0, 0.05) is 18.2 Å². The fraction of sp³-hybridized carbons (Fsp3) is 0.400. The van der Waals surface area contributed by atoms with E-state index < -0.39 is 0 Å². The zero-order valence-electron chi connectivity index (χ0n) is 10.9. The summed E-state index contributed by atoms with van der Waals surface area (Å²) in [5.74, 6) is 0. The first kappa shape index (κ1) is 12.4. The topological polar surface area (TPSA) is 64.1 Å². The molecular weight excluding hydrogens is 238 g/mol. The lowest BCUT2D eigenvalue weighted by Gasteiger charge is -2.44. The second kappa shape index (κ2) is 4.79. The Morgan fingerprint density at radius 2 is 2.05 bits per heavy atom. The third kappa shape index (κ3) is 2.29. The molecule has 3 rings (SSSR count). The number of aliphatic hydroxyl groups excluding tert-OH is 1. The molecule has 0 radical (unpaired) electrons. The molecule has 4 nitrogen and oxygen atoms in total. The molecule has 1 aromatic heterocycles. The predicted octanol–water partition coefficient (Wildman–Crippen LogP) is 1.28. The summed E-state index contributed by atoms with van der Waals surface area (Å²) in [5.41, 5.74) is 8.19. The molecule has 0 saturated heterocycles. The van der Waals surface area contributed by atoms with Gasteiger partial charge in [-0.15, -0.1) is 0 Å². The molecule has 1 saturated carbocycles. The molecule has 0 amide bonds. The molecule has 1 fully saturated rings. The molecule has 0 bridgehead atoms. The molecule has 1 heterocycles. The third-order valence-corrected chi connectivity index (χ3v) is 4.08. The van der Waals surface area contributed by atoms with Crippen LogP contribution in [0, 0.1) is 0 Å². The van der Waals surface area contributed by atoms with Gasteiger partial charge in [-0.2, -0.15) is 5.10 Å². The molecule has 2 aromatic rings. The van der Waals surface area contributed by atoms with Gasteiger partial charge in [0.05, 0.1) is 18.8 Å². The molecular formula is C15H19N3O. The summed E-state index contributed by atoms with van der Waals surface area (Å²) in [6, 6.07) is 10.3. The maximum Gasteiger partial charge on any atom is 0.0659 e. The largest absolute Gasteiger partial charge is 0.393 e. The van der Waals surface area contributed by atoms with Crippen molar-refractivity contribution in [3.05, 3.63) is 53.9 Å². The standard InChI is InChI=1S/C15H19N3O/c16-11-15(6-14(19)7-15)13-8-17-18(10-13)9-12-4-2-1-3-5-12/h1-5,8,10,14,19H,6-7,9,11,16H2. The van der Waals surface area contributed by atoms with E-state index in [0.29, 0.717) is 6.54 Å². The van der Waals surface area contributed by atoms with Crippen molar-refractivity contribution in [2.24, 2.45) is 5.73 Å². The van der Waals surface area contributed by atoms with Crippen molar-refractivity contribution in [3.63, 3.8) is 0 Å². The molecule has 1 aliphatic carbocycles. The maximum atomic E-state index is 9.54. The Kier molecular flexibility index (Phi) is 3.12. The van der Waals surface area contributed by atoms with E-state index in [1.165, 1.54) is 5.56 Å². The van der Waals surface area contributed by atoms with E-state index in [4.69, 9.17) is 5.73 Å². The van der Waals surface area contributed by atoms with Crippen molar-refractivity contribution in [1.29, 1.82) is 0 Å². The molecule has 3 N–H and O–H groups in total. The Hall–Kier alpha value is -1.65. The second-order valence-corrected chi connectivity index (χ2v) is 5.46. The zero-order valence-corrected chi connectivity index (χ0v) is 10.9. The maximum absolute atomic E-state index is 9.54. The highest BCUT2D eigenvalue weighted by Crippen LogP contribution is 2.42. The van der Waals surface area contributed by atoms with E-state index in [2.05, 4.69) is 23.4 Å². The lowest BCUT2D eigenvalue weighted by atomic mass is 9.63. The summed E-state index contributed by atoms with van der Waals surface area (Å²) in [6.45, 7) is 1.34. The summed E-state index contributed by atoms with van der Waals surface area (Å²) in [6.07, 6.45) is 5.25. The summed E-state index contributed by atoms with van der Waals surface area (Å²) in [5, 5.41) is 13.9. The van der Waals surface area contributed by atoms with Crippen LogP contribution in [0.3, 0.4) is 0 Å². The van der Waals surface area contributed by atoms with Crippen LogP contribution in [-0.2, 0) is 12.0 Å². The summed E-state index contributed by atoms with van der Waals surface area (Å²) < 4.78 is 1.94. The van der Waals surface area contributed by atoms with E-state index in [0.717, 1.165) is 24.9 Å². The summed E-state index contributed by atoms with van der Waals surface area (Å²) >= 11 is 0. The van der Waals surface area contributed by atoms with E-state index in [1.54, 1.807) is 0 Å². The first-order valence-electron chi connectivity index (χ1n) is 6.67. The number of nitrogens with zero attached hydrogens (tertiary/aromatic N) is 2. The highest BCUT2D eigenvalue weighted by atomic mass is 16.3. The van der Waals surface area contributed by atoms with Crippen LogP contribution in [0.15, 0.2) is 42.7 Å². The van der Waals surface area contributed by atoms with Crippen molar-refractivity contribution in [1.82, 2.24) is 9.78 Å². The summed E-state index contributed by atoms with van der Waals surface area (Å²) in [7, 11) is 0. The number of hydrogen-bond acceptors (Lipinski definition) is 3. The first-order chi connectivity index (χ1) is 9.22. The van der Waals surface area contributed by atoms with Crippen LogP contribution in [0.25, 0.3) is 0 Å². The molecule has 4 heteroatoms. The van der Waals surface area contributed by atoms with Crippen LogP contribution in [0.2, 0.25) is 0 Å². The van der Waals surface area contributed by atoms with E-state index in [9.17, 15) is 5.11 Å². The van der Waals surface area contributed by atoms with E-state index in [-0.39, 0.29) is 11.5 Å². The number of benzene rings is 1. The van der Waals surface area contributed by atoms with Gasteiger partial charge < -0.3 is 10.8 Å². The zero-order chi connectivity index (χ0) is 13.3. The minimum Gasteiger partial charge on any atom is -0.393 e. The van der Waals surface area contributed by atoms with E-state index >= 15 is 0 Å². The van der Waals surface area contributed by atoms with Gasteiger partial charge in [-0.25, -0.2) is 0 Å². The van der Waals surface area contributed by atoms with Gasteiger partial charge in [0.25, 0.3) is 0 Å². The normalized spacial score (nSPS) is 26.1. The number of nitrogens with two attached hydrogens (primary N) is 1. The molecule has 0 unspecified atom stereocenters. The van der Waals surface area contributed by atoms with Crippen molar-refractivity contribution >= 4 is 0 Å². The van der Waals surface area contributed by atoms with Crippen LogP contribution in [0.1, 0.15) is 24.0 Å². The highest BCUT2D eigenvalue weighted by Gasteiger charge is 2.44. The quantitative estimate of drug-likeness (QED) is 0.867. The van der Waals surface area contributed by atoms with Gasteiger partial charge in [0.2, 0.25) is 0 Å². The Morgan fingerprint density at radius 1 is 1.32 bits per heavy atom. The molecule has 0 atom stereocenters. The lowest BCUT2D eigenvalue weighted by molar-refractivity contribution is 0.0221. The first-order valence-corrected chi connectivity index (χ1v) is 6.67. The van der Waals surface area contributed by atoms with Gasteiger partial charge in [0.15, 0.2) is 0 Å². The number of rotatable bonds is 4. The average molecular weight is 257 g/mol. The predicted molar refractivity (Wildman–Crippen MR) is 73.7 cm³/mol. The Morgan fingerprint density at radius 3 is 2.68 bits per heavy atom. The van der Waals surface area contributed by atoms with Crippen molar-refractivity contribution in [3.8, 4) is 0 Å². The van der Waals surface area contributed by atoms with Crippen molar-refractivity contribution in [2.45, 2.75) is 30.9 Å². The van der Waals surface area contributed by atoms with Crippen LogP contribution in [0.4, 0.5) is 0 Å². The van der Waals surface area contributed by atoms with Gasteiger partial charge in [-0.3, -0.25) is 4.68 Å². The van der Waals surface area contributed by atoms with Gasteiger partial charge >= 0.3 is 0 Å². The van der Waals surface area contributed by atoms with E-state index in [1.807, 2.05) is 29.1 Å². The molecule has 0 spiro atoms. The fourth-order valence-corrected chi connectivity index (χ4v) is 2.86. The molecule has 1 aliphatic rings. The smallest absolute Gasteiger partial charge is 0.0659 e. The second-order valence-electron chi connectivity index (χ2n) is 5.46. The Labute approximate surface area is 112 Å². The molecule has 19 heavy (non-hydrogen) atoms. The minimum atomic E-state index is -0.207. The molecule has 0 aliphatic heterocycles. The van der Waals surface area contributed by atoms with Gasteiger partial charge in [-0.1, -0.05) is 30.3 Å². The van der Waals surface area contributed by atoms with Crippen molar-refractivity contribution < 1.29 is 5.11 Å². The number of aromatic nitrogens is 2. The lowest BCUT2D eigenvalue weighted by Crippen LogP contribution is -2.49. The third-order valence-electron chi connectivity index (χ3n) is 4.08. The molecule has 1 aromatic carbocycles. The highest BCUT2D eigenvalue weighted by molar-refractivity contribution is 5.26. The monoisotopic (exact) mass is 257 g/mol. The SMILES string of the molecule is NCC1(c2cnn(Cc3ccccc3)c2)CC(O)C1. The molecule has 100 valence electrons. The van der Waals surface area contributed by atoms with Gasteiger partial charge in [-0.05, 0) is 24.0 Å². The van der Waals surface area contributed by atoms with Crippen LogP contribution in [-0.4, -0.2) is 27.5 Å². The van der Waals surface area contributed by atoms with Crippen LogP contribution in [0.5, 0.6) is 0 Å². The summed E-state index contributed by atoms with van der Waals surface area (Å²) in [4.78, 5) is 0. The van der Waals surface area contributed by atoms with Crippen molar-refractivity contribution in [2.75, 3.05) is 6.54 Å². The van der Waals surface area contributed by atoms with Gasteiger partial charge in [0.1, 0.15) is 0 Å². The average Bonchev–Trinajstić information content (AvgIpc) is 2.85. The fourth-order valence-electron chi connectivity index (χ4n) is 2.86. The van der Waals surface area contributed by atoms with Crippen LogP contribution >= 0.6 is 0 Å². The Balaban J connectivity index is 1.76. The number of hydrogen-bond donors (Lipinski definition) is 2.